The third-order valence-electron chi connectivity index (χ3n) is 2.64. The van der Waals surface area contributed by atoms with Gasteiger partial charge in [-0.15, -0.1) is 0 Å². The summed E-state index contributed by atoms with van der Waals surface area (Å²) in [6, 6.07) is 4.34. The van der Waals surface area contributed by atoms with Gasteiger partial charge in [0.15, 0.2) is 0 Å². The zero-order chi connectivity index (χ0) is 16.5. The Balaban J connectivity index is 2.60. The third kappa shape index (κ3) is 5.94. The summed E-state index contributed by atoms with van der Waals surface area (Å²) in [6.45, 7) is 0.944. The lowest BCUT2D eigenvalue weighted by atomic mass is 10.3. The Morgan fingerprint density at radius 2 is 1.95 bits per heavy atom. The smallest absolute Gasteiger partial charge is 0.387 e. The van der Waals surface area contributed by atoms with E-state index in [1.165, 1.54) is 25.1 Å². The van der Waals surface area contributed by atoms with E-state index in [0.29, 0.717) is 6.54 Å². The molecule has 1 aromatic carbocycles. The van der Waals surface area contributed by atoms with E-state index in [9.17, 15) is 18.4 Å². The zero-order valence-electron chi connectivity index (χ0n) is 12.4. The minimum absolute atomic E-state index is 0.0847. The van der Waals surface area contributed by atoms with Crippen LogP contribution in [0.25, 0.3) is 0 Å². The van der Waals surface area contributed by atoms with Crippen molar-refractivity contribution in [3.8, 4) is 5.75 Å². The maximum atomic E-state index is 12.3. The number of nitrogens with one attached hydrogen (secondary N) is 3. The first kappa shape index (κ1) is 17.7. The summed E-state index contributed by atoms with van der Waals surface area (Å²) in [5.41, 5.74) is 0.0847. The number of carbonyl (C=O) groups is 2. The van der Waals surface area contributed by atoms with Crippen LogP contribution in [0.4, 0.5) is 19.3 Å². The number of halogens is 2. The van der Waals surface area contributed by atoms with E-state index >= 15 is 0 Å². The van der Waals surface area contributed by atoms with Gasteiger partial charge in [0.2, 0.25) is 5.91 Å². The van der Waals surface area contributed by atoms with Crippen LogP contribution in [0.2, 0.25) is 0 Å². The summed E-state index contributed by atoms with van der Waals surface area (Å²) in [7, 11) is 0. The molecule has 0 spiro atoms. The average Bonchev–Trinajstić information content (AvgIpc) is 2.46. The van der Waals surface area contributed by atoms with Crippen LogP contribution in [0, 0.1) is 0 Å². The maximum absolute atomic E-state index is 12.3. The number of hydrogen-bond acceptors (Lipinski definition) is 3. The zero-order valence-corrected chi connectivity index (χ0v) is 12.4. The molecule has 1 aromatic rings. The van der Waals surface area contributed by atoms with Crippen LogP contribution < -0.4 is 20.7 Å². The van der Waals surface area contributed by atoms with Crippen molar-refractivity contribution in [2.24, 2.45) is 0 Å². The first-order chi connectivity index (χ1) is 10.4. The summed E-state index contributed by atoms with van der Waals surface area (Å²) in [6.07, 6.45) is 0.781. The van der Waals surface area contributed by atoms with Crippen molar-refractivity contribution in [1.82, 2.24) is 10.6 Å². The maximum Gasteiger partial charge on any atom is 0.387 e. The lowest BCUT2D eigenvalue weighted by Crippen LogP contribution is -2.46. The summed E-state index contributed by atoms with van der Waals surface area (Å²) < 4.78 is 28.8. The molecule has 0 saturated heterocycles. The van der Waals surface area contributed by atoms with E-state index in [1.807, 2.05) is 6.92 Å². The Kier molecular flexibility index (Phi) is 7.07. The van der Waals surface area contributed by atoms with Crippen molar-refractivity contribution in [3.05, 3.63) is 24.3 Å². The minimum atomic E-state index is -3.00. The summed E-state index contributed by atoms with van der Waals surface area (Å²) >= 11 is 0. The van der Waals surface area contributed by atoms with Crippen LogP contribution in [0.1, 0.15) is 20.3 Å². The van der Waals surface area contributed by atoms with E-state index in [-0.39, 0.29) is 17.3 Å². The molecule has 0 aliphatic heterocycles. The first-order valence-corrected chi connectivity index (χ1v) is 6.83. The molecule has 0 radical (unpaired) electrons. The molecule has 0 heterocycles. The van der Waals surface area contributed by atoms with Crippen LogP contribution in [-0.4, -0.2) is 31.1 Å². The van der Waals surface area contributed by atoms with E-state index in [4.69, 9.17) is 0 Å². The van der Waals surface area contributed by atoms with Crippen molar-refractivity contribution >= 4 is 17.6 Å². The van der Waals surface area contributed by atoms with Crippen molar-refractivity contribution in [2.75, 3.05) is 11.9 Å². The number of benzene rings is 1. The highest BCUT2D eigenvalue weighted by Crippen LogP contribution is 2.25. The van der Waals surface area contributed by atoms with Crippen LogP contribution in [0.5, 0.6) is 5.75 Å². The molecule has 1 unspecified atom stereocenters. The minimum Gasteiger partial charge on any atom is -0.433 e. The predicted molar refractivity (Wildman–Crippen MR) is 78.0 cm³/mol. The van der Waals surface area contributed by atoms with Gasteiger partial charge >= 0.3 is 12.6 Å². The van der Waals surface area contributed by atoms with Gasteiger partial charge in [0.1, 0.15) is 11.8 Å². The fraction of sp³-hybridized carbons (Fsp3) is 0.429. The number of carbonyl (C=O) groups excluding carboxylic acids is 2. The second-order valence-electron chi connectivity index (χ2n) is 4.49. The second kappa shape index (κ2) is 8.81. The molecule has 6 nitrogen and oxygen atoms in total. The van der Waals surface area contributed by atoms with Crippen LogP contribution >= 0.6 is 0 Å². The predicted octanol–water partition coefficient (Wildman–Crippen LogP) is 2.32. The molecule has 0 fully saturated rings. The van der Waals surface area contributed by atoms with E-state index in [2.05, 4.69) is 20.7 Å². The van der Waals surface area contributed by atoms with Crippen molar-refractivity contribution in [1.29, 1.82) is 0 Å². The van der Waals surface area contributed by atoms with E-state index < -0.39 is 18.7 Å². The molecule has 0 saturated carbocycles. The molecule has 3 amide bonds. The average molecular weight is 315 g/mol. The van der Waals surface area contributed by atoms with Gasteiger partial charge in [0.05, 0.1) is 5.69 Å². The Labute approximate surface area is 127 Å². The molecule has 1 atom stereocenters. The topological polar surface area (TPSA) is 79.5 Å². The number of amides is 3. The number of rotatable bonds is 7. The highest BCUT2D eigenvalue weighted by atomic mass is 19.3. The molecule has 0 bridgehead atoms. The number of ether oxygens (including phenoxy) is 1. The highest BCUT2D eigenvalue weighted by molar-refractivity contribution is 5.94. The molecule has 1 rings (SSSR count). The number of para-hydroxylation sites is 2. The van der Waals surface area contributed by atoms with Gasteiger partial charge in [-0.25, -0.2) is 4.79 Å². The monoisotopic (exact) mass is 315 g/mol. The second-order valence-corrected chi connectivity index (χ2v) is 4.49. The van der Waals surface area contributed by atoms with Gasteiger partial charge in [-0.3, -0.25) is 4.79 Å². The van der Waals surface area contributed by atoms with Gasteiger partial charge < -0.3 is 20.7 Å². The van der Waals surface area contributed by atoms with Crippen LogP contribution in [0.15, 0.2) is 24.3 Å². The van der Waals surface area contributed by atoms with Crippen molar-refractivity contribution < 1.29 is 23.1 Å². The molecule has 0 aliphatic carbocycles. The number of hydrogen-bond donors (Lipinski definition) is 3. The molecule has 22 heavy (non-hydrogen) atoms. The first-order valence-electron chi connectivity index (χ1n) is 6.83. The van der Waals surface area contributed by atoms with Crippen LogP contribution in [-0.2, 0) is 4.79 Å². The number of anilines is 1. The molecular weight excluding hydrogens is 296 g/mol. The van der Waals surface area contributed by atoms with Crippen molar-refractivity contribution in [3.63, 3.8) is 0 Å². The van der Waals surface area contributed by atoms with Gasteiger partial charge in [-0.1, -0.05) is 19.1 Å². The third-order valence-corrected chi connectivity index (χ3v) is 2.64. The van der Waals surface area contributed by atoms with E-state index in [1.54, 1.807) is 6.07 Å². The Bertz CT molecular complexity index is 512. The summed E-state index contributed by atoms with van der Waals surface area (Å²) in [4.78, 5) is 23.4. The molecule has 8 heteroatoms. The van der Waals surface area contributed by atoms with Gasteiger partial charge in [-0.2, -0.15) is 8.78 Å². The molecule has 0 aromatic heterocycles. The molecule has 0 aliphatic rings. The van der Waals surface area contributed by atoms with Gasteiger partial charge in [-0.05, 0) is 25.5 Å². The fourth-order valence-electron chi connectivity index (χ4n) is 1.59. The number of urea groups is 1. The molecule has 122 valence electrons. The largest absolute Gasteiger partial charge is 0.433 e. The van der Waals surface area contributed by atoms with Gasteiger partial charge in [0, 0.05) is 6.54 Å². The quantitative estimate of drug-likeness (QED) is 0.722. The van der Waals surface area contributed by atoms with Crippen molar-refractivity contribution in [2.45, 2.75) is 32.9 Å². The lowest BCUT2D eigenvalue weighted by molar-refractivity contribution is -0.122. The normalized spacial score (nSPS) is 11.7. The SMILES string of the molecule is CCCNC(=O)C(C)NC(=O)Nc1ccccc1OC(F)F. The number of alkyl halides is 2. The Morgan fingerprint density at radius 3 is 2.59 bits per heavy atom. The Morgan fingerprint density at radius 1 is 1.27 bits per heavy atom. The van der Waals surface area contributed by atoms with Gasteiger partial charge in [0.25, 0.3) is 0 Å². The summed E-state index contributed by atoms with van der Waals surface area (Å²) in [5.74, 6) is -0.482. The lowest BCUT2D eigenvalue weighted by Gasteiger charge is -2.16. The van der Waals surface area contributed by atoms with E-state index in [0.717, 1.165) is 6.42 Å². The molecule has 3 N–H and O–H groups in total. The fourth-order valence-corrected chi connectivity index (χ4v) is 1.59. The standard InChI is InChI=1S/C14H19F2N3O3/c1-3-8-17-12(20)9(2)18-14(21)19-10-6-4-5-7-11(10)22-13(15)16/h4-7,9,13H,3,8H2,1-2H3,(H,17,20)(H2,18,19,21). The summed E-state index contributed by atoms with van der Waals surface area (Å²) in [5, 5.41) is 7.42. The highest BCUT2D eigenvalue weighted by Gasteiger charge is 2.16. The molecular formula is C14H19F2N3O3. The Hall–Kier alpha value is -2.38. The van der Waals surface area contributed by atoms with Crippen LogP contribution in [0.3, 0.4) is 0 Å².